The highest BCUT2D eigenvalue weighted by atomic mass is 32.2. The number of nitrogens with two attached hydrogens (primary N) is 2. The molecular formula is C25H37N5O4S. The van der Waals surface area contributed by atoms with Gasteiger partial charge in [-0.15, -0.1) is 0 Å². The molecule has 2 aromatic carbocycles. The van der Waals surface area contributed by atoms with E-state index >= 15 is 0 Å². The summed E-state index contributed by atoms with van der Waals surface area (Å²) < 4.78 is 25.5. The second-order valence-electron chi connectivity index (χ2n) is 8.85. The van der Waals surface area contributed by atoms with Crippen LogP contribution in [-0.4, -0.2) is 64.6 Å². The molecule has 2 fully saturated rings. The fourth-order valence-electron chi connectivity index (χ4n) is 4.42. The molecule has 2 aromatic rings. The molecule has 1 amide bonds. The molecule has 1 saturated heterocycles. The van der Waals surface area contributed by atoms with E-state index in [1.165, 1.54) is 12.1 Å². The SMILES string of the molecule is NC(=O)c1ccccc1NCCN1CCN(c2ccccc2)CC1.NS(=O)(=O)OC1CCCCC1. The van der Waals surface area contributed by atoms with Crippen LogP contribution in [0.25, 0.3) is 0 Å². The van der Waals surface area contributed by atoms with E-state index in [0.29, 0.717) is 5.56 Å². The monoisotopic (exact) mass is 503 g/mol. The largest absolute Gasteiger partial charge is 0.383 e. The maximum atomic E-state index is 11.4. The van der Waals surface area contributed by atoms with E-state index in [9.17, 15) is 13.2 Å². The standard InChI is InChI=1S/C19H24N4O.C6H13NO3S/c20-19(24)17-8-4-5-9-18(17)21-10-11-22-12-14-23(15-13-22)16-6-2-1-3-7-16;7-11(8,9)10-6-4-2-1-3-5-6/h1-9,21H,10-15H2,(H2,20,24);6H,1-5H2,(H2,7,8,9). The van der Waals surface area contributed by atoms with Gasteiger partial charge in [-0.25, -0.2) is 5.14 Å². The van der Waals surface area contributed by atoms with Crippen molar-refractivity contribution < 1.29 is 17.4 Å². The Kier molecular flexibility index (Phi) is 10.3. The lowest BCUT2D eigenvalue weighted by Gasteiger charge is -2.36. The lowest BCUT2D eigenvalue weighted by atomic mass is 9.98. The third-order valence-electron chi connectivity index (χ3n) is 6.25. The van der Waals surface area contributed by atoms with Crippen molar-refractivity contribution in [2.45, 2.75) is 38.2 Å². The molecule has 192 valence electrons. The van der Waals surface area contributed by atoms with Gasteiger partial charge in [0.1, 0.15) is 0 Å². The highest BCUT2D eigenvalue weighted by Gasteiger charge is 2.18. The summed E-state index contributed by atoms with van der Waals surface area (Å²) in [5.74, 6) is -0.394. The van der Waals surface area contributed by atoms with Crippen molar-refractivity contribution >= 4 is 27.6 Å². The maximum absolute atomic E-state index is 11.4. The van der Waals surface area contributed by atoms with Crippen LogP contribution in [0.3, 0.4) is 0 Å². The Bertz CT molecular complexity index is 1020. The number of rotatable bonds is 8. The van der Waals surface area contributed by atoms with Gasteiger partial charge in [0.2, 0.25) is 0 Å². The van der Waals surface area contributed by atoms with Crippen molar-refractivity contribution in [3.63, 3.8) is 0 Å². The molecule has 1 aliphatic heterocycles. The molecule has 1 aliphatic carbocycles. The number of nitrogens with zero attached hydrogens (tertiary/aromatic N) is 2. The van der Waals surface area contributed by atoms with Gasteiger partial charge in [-0.1, -0.05) is 49.6 Å². The van der Waals surface area contributed by atoms with E-state index in [4.69, 9.17) is 10.9 Å². The maximum Gasteiger partial charge on any atom is 0.333 e. The van der Waals surface area contributed by atoms with Gasteiger partial charge in [0.05, 0.1) is 11.7 Å². The first-order valence-electron chi connectivity index (χ1n) is 12.2. The van der Waals surface area contributed by atoms with Crippen LogP contribution in [0.5, 0.6) is 0 Å². The van der Waals surface area contributed by atoms with Gasteiger partial charge in [-0.2, -0.15) is 8.42 Å². The molecule has 5 N–H and O–H groups in total. The molecule has 0 spiro atoms. The highest BCUT2D eigenvalue weighted by molar-refractivity contribution is 7.84. The van der Waals surface area contributed by atoms with Gasteiger partial charge in [0, 0.05) is 50.6 Å². The van der Waals surface area contributed by atoms with Crippen LogP contribution in [0.2, 0.25) is 0 Å². The molecule has 0 aromatic heterocycles. The van der Waals surface area contributed by atoms with Crippen molar-refractivity contribution in [1.82, 2.24) is 4.90 Å². The predicted octanol–water partition coefficient (Wildman–Crippen LogP) is 2.56. The van der Waals surface area contributed by atoms with E-state index in [1.807, 2.05) is 18.2 Å². The zero-order valence-electron chi connectivity index (χ0n) is 20.1. The van der Waals surface area contributed by atoms with E-state index in [2.05, 4.69) is 49.6 Å². The zero-order chi connectivity index (χ0) is 25.1. The molecule has 9 nitrogen and oxygen atoms in total. The van der Waals surface area contributed by atoms with Gasteiger partial charge in [-0.3, -0.25) is 13.9 Å². The smallest absolute Gasteiger partial charge is 0.333 e. The summed E-state index contributed by atoms with van der Waals surface area (Å²) in [6.07, 6.45) is 4.72. The first-order valence-corrected chi connectivity index (χ1v) is 13.6. The molecule has 0 radical (unpaired) electrons. The number of carbonyl (C=O) groups is 1. The molecule has 1 heterocycles. The first-order chi connectivity index (χ1) is 16.8. The summed E-state index contributed by atoms with van der Waals surface area (Å²) in [4.78, 5) is 16.3. The Morgan fingerprint density at radius 1 is 0.943 bits per heavy atom. The number of anilines is 2. The van der Waals surface area contributed by atoms with Crippen LogP contribution < -0.4 is 21.1 Å². The van der Waals surface area contributed by atoms with Crippen LogP contribution >= 0.6 is 0 Å². The Labute approximate surface area is 208 Å². The predicted molar refractivity (Wildman–Crippen MR) is 140 cm³/mol. The van der Waals surface area contributed by atoms with Gasteiger partial charge in [-0.05, 0) is 37.1 Å². The third kappa shape index (κ3) is 9.48. The topological polar surface area (TPSA) is 131 Å². The van der Waals surface area contributed by atoms with Crippen LogP contribution in [-0.2, 0) is 14.5 Å². The highest BCUT2D eigenvalue weighted by Crippen LogP contribution is 2.21. The fourth-order valence-corrected chi connectivity index (χ4v) is 4.99. The molecule has 0 atom stereocenters. The first kappa shape index (κ1) is 26.9. The van der Waals surface area contributed by atoms with Gasteiger partial charge in [0.25, 0.3) is 5.91 Å². The van der Waals surface area contributed by atoms with E-state index in [1.54, 1.807) is 6.07 Å². The number of primary amides is 1. The van der Waals surface area contributed by atoms with E-state index in [-0.39, 0.29) is 6.10 Å². The van der Waals surface area contributed by atoms with Crippen LogP contribution in [0.15, 0.2) is 54.6 Å². The van der Waals surface area contributed by atoms with E-state index in [0.717, 1.165) is 70.6 Å². The number of carbonyl (C=O) groups excluding carboxylic acids is 1. The van der Waals surface area contributed by atoms with Gasteiger partial charge in [0.15, 0.2) is 0 Å². The second-order valence-corrected chi connectivity index (χ2v) is 10.0. The van der Waals surface area contributed by atoms with Crippen LogP contribution in [0, 0.1) is 0 Å². The molecule has 2 aliphatic rings. The lowest BCUT2D eigenvalue weighted by molar-refractivity contribution is 0.100. The van der Waals surface area contributed by atoms with Crippen molar-refractivity contribution in [1.29, 1.82) is 0 Å². The van der Waals surface area contributed by atoms with Crippen molar-refractivity contribution in [2.75, 3.05) is 49.5 Å². The normalized spacial score (nSPS) is 17.3. The van der Waals surface area contributed by atoms with Crippen molar-refractivity contribution in [3.8, 4) is 0 Å². The number of benzene rings is 2. The van der Waals surface area contributed by atoms with Crippen LogP contribution in [0.1, 0.15) is 42.5 Å². The van der Waals surface area contributed by atoms with Crippen molar-refractivity contribution in [3.05, 3.63) is 60.2 Å². The Morgan fingerprint density at radius 3 is 2.20 bits per heavy atom. The number of hydrogen-bond donors (Lipinski definition) is 3. The minimum Gasteiger partial charge on any atom is -0.383 e. The number of hydrogen-bond acceptors (Lipinski definition) is 7. The van der Waals surface area contributed by atoms with E-state index < -0.39 is 16.2 Å². The average molecular weight is 504 g/mol. The summed E-state index contributed by atoms with van der Waals surface area (Å²) in [6, 6.07) is 17.9. The molecule has 35 heavy (non-hydrogen) atoms. The van der Waals surface area contributed by atoms with Crippen molar-refractivity contribution in [2.24, 2.45) is 10.9 Å². The molecular weight excluding hydrogens is 466 g/mol. The molecule has 0 bridgehead atoms. The van der Waals surface area contributed by atoms with Gasteiger partial charge < -0.3 is 16.0 Å². The lowest BCUT2D eigenvalue weighted by Crippen LogP contribution is -2.47. The number of piperazine rings is 1. The summed E-state index contributed by atoms with van der Waals surface area (Å²) >= 11 is 0. The fraction of sp³-hybridized carbons (Fsp3) is 0.480. The number of amides is 1. The van der Waals surface area contributed by atoms with Crippen LogP contribution in [0.4, 0.5) is 11.4 Å². The summed E-state index contributed by atoms with van der Waals surface area (Å²) in [5, 5.41) is 8.04. The molecule has 4 rings (SSSR count). The number of para-hydroxylation sites is 2. The third-order valence-corrected chi connectivity index (χ3v) is 6.79. The Morgan fingerprint density at radius 2 is 1.57 bits per heavy atom. The Balaban J connectivity index is 0.000000261. The zero-order valence-corrected chi connectivity index (χ0v) is 21.0. The quantitative estimate of drug-likeness (QED) is 0.504. The second kappa shape index (κ2) is 13.4. The summed E-state index contributed by atoms with van der Waals surface area (Å²) in [7, 11) is -3.72. The minimum atomic E-state index is -3.72. The average Bonchev–Trinajstić information content (AvgIpc) is 2.85. The van der Waals surface area contributed by atoms with Gasteiger partial charge >= 0.3 is 10.3 Å². The molecule has 10 heteroatoms. The molecule has 1 saturated carbocycles. The Hall–Kier alpha value is -2.66. The summed E-state index contributed by atoms with van der Waals surface area (Å²) in [5.41, 5.74) is 8.06. The minimum absolute atomic E-state index is 0.168. The molecule has 0 unspecified atom stereocenters. The number of nitrogens with one attached hydrogen (secondary N) is 1. The summed E-state index contributed by atoms with van der Waals surface area (Å²) in [6.45, 7) is 5.94.